The van der Waals surface area contributed by atoms with Crippen LogP contribution in [-0.2, 0) is 17.8 Å². The van der Waals surface area contributed by atoms with E-state index in [9.17, 15) is 4.79 Å². The first-order valence-corrected chi connectivity index (χ1v) is 8.75. The summed E-state index contributed by atoms with van der Waals surface area (Å²) in [6, 6.07) is 8.29. The van der Waals surface area contributed by atoms with Crippen molar-refractivity contribution in [3.05, 3.63) is 53.6 Å². The minimum absolute atomic E-state index is 0.0556. The summed E-state index contributed by atoms with van der Waals surface area (Å²) in [5.41, 5.74) is 2.50. The highest BCUT2D eigenvalue weighted by Gasteiger charge is 2.26. The number of carbonyl (C=O) groups is 1. The van der Waals surface area contributed by atoms with Gasteiger partial charge in [0.25, 0.3) is 0 Å². The van der Waals surface area contributed by atoms with Gasteiger partial charge in [0.15, 0.2) is 0 Å². The molecule has 0 unspecified atom stereocenters. The van der Waals surface area contributed by atoms with E-state index in [1.54, 1.807) is 11.8 Å². The van der Waals surface area contributed by atoms with Gasteiger partial charge in [-0.15, -0.1) is 11.8 Å². The molecule has 0 saturated carbocycles. The van der Waals surface area contributed by atoms with E-state index in [-0.39, 0.29) is 11.2 Å². The second-order valence-corrected chi connectivity index (χ2v) is 6.73. The van der Waals surface area contributed by atoms with Gasteiger partial charge in [-0.1, -0.05) is 24.3 Å². The van der Waals surface area contributed by atoms with Crippen LogP contribution in [0.5, 0.6) is 0 Å². The molecule has 1 aliphatic heterocycles. The maximum Gasteiger partial charge on any atom is 0.237 e. The third-order valence-corrected chi connectivity index (χ3v) is 5.27. The zero-order chi connectivity index (χ0) is 15.4. The SMILES string of the molecule is Cc1nccn1CCCNC(=O)[C@H]1SCCc2ccccc21. The van der Waals surface area contributed by atoms with Crippen LogP contribution < -0.4 is 5.32 Å². The minimum Gasteiger partial charge on any atom is -0.355 e. The van der Waals surface area contributed by atoms with Gasteiger partial charge >= 0.3 is 0 Å². The fraction of sp³-hybridized carbons (Fsp3) is 0.412. The predicted molar refractivity (Wildman–Crippen MR) is 89.9 cm³/mol. The molecule has 0 fully saturated rings. The molecule has 1 atom stereocenters. The Hall–Kier alpha value is -1.75. The lowest BCUT2D eigenvalue weighted by molar-refractivity contribution is -0.120. The summed E-state index contributed by atoms with van der Waals surface area (Å²) in [6.07, 6.45) is 5.76. The Morgan fingerprint density at radius 3 is 3.14 bits per heavy atom. The number of fused-ring (bicyclic) bond motifs is 1. The fourth-order valence-corrected chi connectivity index (χ4v) is 4.02. The molecule has 22 heavy (non-hydrogen) atoms. The Labute approximate surface area is 135 Å². The van der Waals surface area contributed by atoms with Crippen molar-refractivity contribution in [3.8, 4) is 0 Å². The van der Waals surface area contributed by atoms with Gasteiger partial charge in [-0.2, -0.15) is 0 Å². The Morgan fingerprint density at radius 1 is 1.45 bits per heavy atom. The summed E-state index contributed by atoms with van der Waals surface area (Å²) >= 11 is 1.74. The molecule has 0 radical (unpaired) electrons. The number of carbonyl (C=O) groups excluding carboxylic acids is 1. The predicted octanol–water partition coefficient (Wildman–Crippen LogP) is 2.73. The molecule has 0 spiro atoms. The van der Waals surface area contributed by atoms with E-state index >= 15 is 0 Å². The molecule has 1 aliphatic rings. The molecule has 1 aromatic heterocycles. The number of aryl methyl sites for hydroxylation is 3. The minimum atomic E-state index is -0.0556. The van der Waals surface area contributed by atoms with E-state index in [2.05, 4.69) is 33.1 Å². The molecule has 0 saturated heterocycles. The molecule has 1 N–H and O–H groups in total. The van der Waals surface area contributed by atoms with Crippen molar-refractivity contribution in [3.63, 3.8) is 0 Å². The second-order valence-electron chi connectivity index (χ2n) is 5.51. The van der Waals surface area contributed by atoms with Gasteiger partial charge in [-0.25, -0.2) is 4.98 Å². The van der Waals surface area contributed by atoms with Crippen molar-refractivity contribution >= 4 is 17.7 Å². The van der Waals surface area contributed by atoms with Gasteiger partial charge in [-0.05, 0) is 36.6 Å². The van der Waals surface area contributed by atoms with Crippen molar-refractivity contribution in [1.82, 2.24) is 14.9 Å². The van der Waals surface area contributed by atoms with Crippen LogP contribution in [0, 0.1) is 6.92 Å². The highest BCUT2D eigenvalue weighted by molar-refractivity contribution is 8.00. The van der Waals surface area contributed by atoms with Gasteiger partial charge in [0.2, 0.25) is 5.91 Å². The maximum atomic E-state index is 12.4. The lowest BCUT2D eigenvalue weighted by Crippen LogP contribution is -2.31. The lowest BCUT2D eigenvalue weighted by atomic mass is 10.0. The molecular weight excluding hydrogens is 294 g/mol. The zero-order valence-corrected chi connectivity index (χ0v) is 13.6. The molecule has 2 heterocycles. The van der Waals surface area contributed by atoms with E-state index in [4.69, 9.17) is 0 Å². The van der Waals surface area contributed by atoms with Crippen LogP contribution in [0.15, 0.2) is 36.7 Å². The van der Waals surface area contributed by atoms with Crippen LogP contribution in [0.2, 0.25) is 0 Å². The van der Waals surface area contributed by atoms with Crippen LogP contribution in [0.1, 0.15) is 28.6 Å². The van der Waals surface area contributed by atoms with E-state index in [0.29, 0.717) is 6.54 Å². The average Bonchev–Trinajstić information content (AvgIpc) is 2.96. The van der Waals surface area contributed by atoms with Gasteiger partial charge < -0.3 is 9.88 Å². The Kier molecular flexibility index (Phi) is 4.83. The average molecular weight is 315 g/mol. The van der Waals surface area contributed by atoms with Gasteiger partial charge in [0, 0.05) is 25.5 Å². The normalized spacial score (nSPS) is 17.0. The van der Waals surface area contributed by atoms with Crippen LogP contribution in [-0.4, -0.2) is 27.8 Å². The molecule has 5 heteroatoms. The van der Waals surface area contributed by atoms with E-state index < -0.39 is 0 Å². The standard InChI is InChI=1S/C17H21N3OS/c1-13-18-9-11-20(13)10-4-8-19-17(21)16-15-6-3-2-5-14(15)7-12-22-16/h2-3,5-6,9,11,16H,4,7-8,10,12H2,1H3,(H,19,21)/t16-/m0/s1. The third-order valence-electron chi connectivity index (χ3n) is 4.03. The van der Waals surface area contributed by atoms with E-state index in [1.807, 2.05) is 25.4 Å². The topological polar surface area (TPSA) is 46.9 Å². The van der Waals surface area contributed by atoms with Gasteiger partial charge in [-0.3, -0.25) is 4.79 Å². The van der Waals surface area contributed by atoms with Crippen molar-refractivity contribution in [2.45, 2.75) is 31.6 Å². The van der Waals surface area contributed by atoms with Crippen molar-refractivity contribution in [2.24, 2.45) is 0 Å². The molecule has 3 rings (SSSR count). The zero-order valence-electron chi connectivity index (χ0n) is 12.8. The number of amides is 1. The molecule has 1 aromatic carbocycles. The molecular formula is C17H21N3OS. The van der Waals surface area contributed by atoms with Crippen LogP contribution in [0.3, 0.4) is 0 Å². The molecule has 2 aromatic rings. The Morgan fingerprint density at radius 2 is 2.32 bits per heavy atom. The van der Waals surface area contributed by atoms with Gasteiger partial charge in [0.05, 0.1) is 0 Å². The van der Waals surface area contributed by atoms with Crippen molar-refractivity contribution in [2.75, 3.05) is 12.3 Å². The summed E-state index contributed by atoms with van der Waals surface area (Å²) < 4.78 is 2.11. The number of benzene rings is 1. The fourth-order valence-electron chi connectivity index (χ4n) is 2.80. The first kappa shape index (κ1) is 15.2. The third kappa shape index (κ3) is 3.35. The highest BCUT2D eigenvalue weighted by Crippen LogP contribution is 2.36. The van der Waals surface area contributed by atoms with Gasteiger partial charge in [0.1, 0.15) is 11.1 Å². The molecule has 0 aliphatic carbocycles. The maximum absolute atomic E-state index is 12.4. The van der Waals surface area contributed by atoms with Crippen molar-refractivity contribution < 1.29 is 4.79 Å². The van der Waals surface area contributed by atoms with Crippen molar-refractivity contribution in [1.29, 1.82) is 0 Å². The number of hydrogen-bond acceptors (Lipinski definition) is 3. The summed E-state index contributed by atoms with van der Waals surface area (Å²) in [5, 5.41) is 3.03. The lowest BCUT2D eigenvalue weighted by Gasteiger charge is -2.24. The van der Waals surface area contributed by atoms with E-state index in [0.717, 1.165) is 31.0 Å². The summed E-state index contributed by atoms with van der Waals surface area (Å²) in [5.74, 6) is 2.17. The first-order valence-electron chi connectivity index (χ1n) is 7.70. The molecule has 1 amide bonds. The number of imidazole rings is 1. The number of thioether (sulfide) groups is 1. The van der Waals surface area contributed by atoms with E-state index in [1.165, 1.54) is 11.1 Å². The summed E-state index contributed by atoms with van der Waals surface area (Å²) in [4.78, 5) is 16.6. The first-order chi connectivity index (χ1) is 10.8. The molecule has 0 bridgehead atoms. The highest BCUT2D eigenvalue weighted by atomic mass is 32.2. The number of nitrogens with zero attached hydrogens (tertiary/aromatic N) is 2. The Balaban J connectivity index is 1.52. The number of aromatic nitrogens is 2. The smallest absolute Gasteiger partial charge is 0.237 e. The summed E-state index contributed by atoms with van der Waals surface area (Å²) in [6.45, 7) is 3.59. The molecule has 4 nitrogen and oxygen atoms in total. The monoisotopic (exact) mass is 315 g/mol. The second kappa shape index (κ2) is 7.01. The van der Waals surface area contributed by atoms with Crippen LogP contribution in [0.25, 0.3) is 0 Å². The van der Waals surface area contributed by atoms with Crippen LogP contribution in [0.4, 0.5) is 0 Å². The number of rotatable bonds is 5. The quantitative estimate of drug-likeness (QED) is 0.863. The largest absolute Gasteiger partial charge is 0.355 e. The Bertz CT molecular complexity index is 653. The number of hydrogen-bond donors (Lipinski definition) is 1. The summed E-state index contributed by atoms with van der Waals surface area (Å²) in [7, 11) is 0. The molecule has 116 valence electrons. The van der Waals surface area contributed by atoms with Crippen LogP contribution >= 0.6 is 11.8 Å². The number of nitrogens with one attached hydrogen (secondary N) is 1.